The fourth-order valence-electron chi connectivity index (χ4n) is 2.14. The lowest BCUT2D eigenvalue weighted by atomic mass is 10.1. The lowest BCUT2D eigenvalue weighted by Gasteiger charge is -2.09. The maximum atomic E-state index is 12.1. The highest BCUT2D eigenvalue weighted by atomic mass is 35.5. The highest BCUT2D eigenvalue weighted by Gasteiger charge is 2.18. The molecule has 2 N–H and O–H groups in total. The number of nitrogens with one attached hydrogen (secondary N) is 1. The molecule has 1 unspecified atom stereocenters. The van der Waals surface area contributed by atoms with Gasteiger partial charge in [-0.05, 0) is 31.5 Å². The number of benzene rings is 1. The molecule has 1 aromatic heterocycles. The van der Waals surface area contributed by atoms with Crippen LogP contribution >= 0.6 is 11.6 Å². The van der Waals surface area contributed by atoms with E-state index in [1.807, 2.05) is 13.8 Å². The highest BCUT2D eigenvalue weighted by molar-refractivity contribution is 6.31. The third kappa shape index (κ3) is 3.14. The van der Waals surface area contributed by atoms with Crippen molar-refractivity contribution in [3.8, 4) is 0 Å². The van der Waals surface area contributed by atoms with Crippen molar-refractivity contribution >= 4 is 28.5 Å². The predicted molar refractivity (Wildman–Crippen MR) is 79.2 cm³/mol. The van der Waals surface area contributed by atoms with Crippen LogP contribution in [0.2, 0.25) is 5.02 Å². The number of furan rings is 1. The van der Waals surface area contributed by atoms with E-state index in [9.17, 15) is 9.90 Å². The largest absolute Gasteiger partial charge is 0.451 e. The number of carbonyl (C=O) groups is 1. The van der Waals surface area contributed by atoms with E-state index in [0.717, 1.165) is 17.4 Å². The maximum Gasteiger partial charge on any atom is 0.287 e. The second-order valence-electron chi connectivity index (χ2n) is 4.85. The zero-order valence-corrected chi connectivity index (χ0v) is 12.3. The molecule has 108 valence electrons. The number of carbonyl (C=O) groups excluding carboxylic acids is 1. The van der Waals surface area contributed by atoms with Crippen LogP contribution < -0.4 is 5.32 Å². The second kappa shape index (κ2) is 6.29. The molecule has 1 aromatic carbocycles. The lowest BCUT2D eigenvalue weighted by Crippen LogP contribution is -2.32. The molecule has 1 amide bonds. The van der Waals surface area contributed by atoms with Crippen molar-refractivity contribution < 1.29 is 14.3 Å². The number of halogens is 1. The third-order valence-electron chi connectivity index (χ3n) is 3.22. The predicted octanol–water partition coefficient (Wildman–Crippen LogP) is 3.29. The second-order valence-corrected chi connectivity index (χ2v) is 5.29. The topological polar surface area (TPSA) is 62.5 Å². The van der Waals surface area contributed by atoms with Gasteiger partial charge in [0.05, 0.1) is 6.10 Å². The molecule has 4 nitrogen and oxygen atoms in total. The number of aryl methyl sites for hydroxylation is 1. The van der Waals surface area contributed by atoms with Crippen LogP contribution in [0.3, 0.4) is 0 Å². The van der Waals surface area contributed by atoms with Crippen molar-refractivity contribution in [3.63, 3.8) is 0 Å². The van der Waals surface area contributed by atoms with Crippen molar-refractivity contribution in [3.05, 3.63) is 34.5 Å². The first-order chi connectivity index (χ1) is 9.52. The van der Waals surface area contributed by atoms with Crippen LogP contribution in [0.15, 0.2) is 22.6 Å². The molecule has 0 aliphatic carbocycles. The van der Waals surface area contributed by atoms with E-state index in [1.54, 1.807) is 18.2 Å². The molecule has 2 rings (SSSR count). The van der Waals surface area contributed by atoms with Crippen LogP contribution in [0, 0.1) is 6.92 Å². The summed E-state index contributed by atoms with van der Waals surface area (Å²) >= 11 is 5.94. The molecule has 5 heteroatoms. The molecule has 1 heterocycles. The number of fused-ring (bicyclic) bond motifs is 1. The van der Waals surface area contributed by atoms with Crippen molar-refractivity contribution in [2.24, 2.45) is 0 Å². The minimum atomic E-state index is -0.525. The maximum absolute atomic E-state index is 12.1. The molecular formula is C15H18ClNO3. The average molecular weight is 296 g/mol. The number of hydrogen-bond acceptors (Lipinski definition) is 3. The average Bonchev–Trinajstić information content (AvgIpc) is 2.74. The van der Waals surface area contributed by atoms with Gasteiger partial charge in [0.15, 0.2) is 5.76 Å². The molecule has 0 bridgehead atoms. The zero-order valence-electron chi connectivity index (χ0n) is 11.6. The Morgan fingerprint density at radius 1 is 1.50 bits per heavy atom. The molecule has 1 atom stereocenters. The molecule has 0 saturated heterocycles. The molecule has 0 aliphatic heterocycles. The van der Waals surface area contributed by atoms with Crippen molar-refractivity contribution in [2.75, 3.05) is 6.54 Å². The van der Waals surface area contributed by atoms with Crippen LogP contribution in [0.1, 0.15) is 35.9 Å². The molecule has 0 aliphatic rings. The summed E-state index contributed by atoms with van der Waals surface area (Å²) in [6, 6.07) is 5.24. The smallest absolute Gasteiger partial charge is 0.287 e. The minimum absolute atomic E-state index is 0.226. The first-order valence-corrected chi connectivity index (χ1v) is 7.05. The summed E-state index contributed by atoms with van der Waals surface area (Å²) in [5.74, 6) is -0.0454. The number of amides is 1. The summed E-state index contributed by atoms with van der Waals surface area (Å²) in [5.41, 5.74) is 1.39. The van der Waals surface area contributed by atoms with Gasteiger partial charge in [-0.3, -0.25) is 4.79 Å². The molecule has 20 heavy (non-hydrogen) atoms. The van der Waals surface area contributed by atoms with Gasteiger partial charge in [0.25, 0.3) is 5.91 Å². The van der Waals surface area contributed by atoms with Gasteiger partial charge in [-0.1, -0.05) is 24.9 Å². The number of aliphatic hydroxyl groups excluding tert-OH is 1. The number of rotatable bonds is 5. The van der Waals surface area contributed by atoms with E-state index in [0.29, 0.717) is 17.0 Å². The molecular weight excluding hydrogens is 278 g/mol. The standard InChI is InChI=1S/C15H18ClNO3/c1-3-4-11(18)8-17-15(19)14-9(2)12-7-10(16)5-6-13(12)20-14/h5-7,11,18H,3-4,8H2,1-2H3,(H,17,19). The Morgan fingerprint density at radius 3 is 2.95 bits per heavy atom. The minimum Gasteiger partial charge on any atom is -0.451 e. The lowest BCUT2D eigenvalue weighted by molar-refractivity contribution is 0.0884. The first kappa shape index (κ1) is 14.9. The summed E-state index contributed by atoms with van der Waals surface area (Å²) in [5, 5.41) is 13.7. The van der Waals surface area contributed by atoms with Crippen LogP contribution in [0.5, 0.6) is 0 Å². The molecule has 2 aromatic rings. The van der Waals surface area contributed by atoms with Crippen LogP contribution in [-0.4, -0.2) is 23.7 Å². The molecule has 0 fully saturated rings. The van der Waals surface area contributed by atoms with E-state index >= 15 is 0 Å². The van der Waals surface area contributed by atoms with Crippen molar-refractivity contribution in [1.29, 1.82) is 0 Å². The number of hydrogen-bond donors (Lipinski definition) is 2. The van der Waals surface area contributed by atoms with Crippen LogP contribution in [-0.2, 0) is 0 Å². The molecule has 0 spiro atoms. The van der Waals surface area contributed by atoms with Crippen molar-refractivity contribution in [1.82, 2.24) is 5.32 Å². The first-order valence-electron chi connectivity index (χ1n) is 6.67. The summed E-state index contributed by atoms with van der Waals surface area (Å²) < 4.78 is 5.56. The van der Waals surface area contributed by atoms with E-state index < -0.39 is 6.10 Å². The van der Waals surface area contributed by atoms with Gasteiger partial charge in [0, 0.05) is 22.5 Å². The molecule has 0 radical (unpaired) electrons. The van der Waals surface area contributed by atoms with Gasteiger partial charge in [-0.25, -0.2) is 0 Å². The van der Waals surface area contributed by atoms with Gasteiger partial charge >= 0.3 is 0 Å². The van der Waals surface area contributed by atoms with Gasteiger partial charge in [-0.2, -0.15) is 0 Å². The molecule has 0 saturated carbocycles. The Labute approximate surface area is 122 Å². The fourth-order valence-corrected chi connectivity index (χ4v) is 2.31. The SMILES string of the molecule is CCCC(O)CNC(=O)c1oc2ccc(Cl)cc2c1C. The Bertz CT molecular complexity index is 621. The van der Waals surface area contributed by atoms with Crippen LogP contribution in [0.4, 0.5) is 0 Å². The van der Waals surface area contributed by atoms with Gasteiger partial charge in [0.2, 0.25) is 0 Å². The zero-order chi connectivity index (χ0) is 14.7. The Hall–Kier alpha value is -1.52. The van der Waals surface area contributed by atoms with E-state index in [-0.39, 0.29) is 18.2 Å². The Balaban J connectivity index is 2.16. The summed E-state index contributed by atoms with van der Waals surface area (Å²) in [6.07, 6.45) is 1.01. The summed E-state index contributed by atoms with van der Waals surface area (Å²) in [6.45, 7) is 4.03. The Kier molecular flexibility index (Phi) is 4.68. The van der Waals surface area contributed by atoms with E-state index in [1.165, 1.54) is 0 Å². The van der Waals surface area contributed by atoms with Gasteiger partial charge < -0.3 is 14.8 Å². The third-order valence-corrected chi connectivity index (χ3v) is 3.46. The van der Waals surface area contributed by atoms with E-state index in [4.69, 9.17) is 16.0 Å². The summed E-state index contributed by atoms with van der Waals surface area (Å²) in [7, 11) is 0. The monoisotopic (exact) mass is 295 g/mol. The fraction of sp³-hybridized carbons (Fsp3) is 0.400. The van der Waals surface area contributed by atoms with Crippen LogP contribution in [0.25, 0.3) is 11.0 Å². The van der Waals surface area contributed by atoms with Crippen molar-refractivity contribution in [2.45, 2.75) is 32.8 Å². The van der Waals surface area contributed by atoms with Gasteiger partial charge in [-0.15, -0.1) is 0 Å². The quantitative estimate of drug-likeness (QED) is 0.890. The number of aliphatic hydroxyl groups is 1. The van der Waals surface area contributed by atoms with Gasteiger partial charge in [0.1, 0.15) is 5.58 Å². The highest BCUT2D eigenvalue weighted by Crippen LogP contribution is 2.27. The Morgan fingerprint density at radius 2 is 2.25 bits per heavy atom. The van der Waals surface area contributed by atoms with E-state index in [2.05, 4.69) is 5.32 Å². The normalized spacial score (nSPS) is 12.6. The summed E-state index contributed by atoms with van der Waals surface area (Å²) in [4.78, 5) is 12.1.